The summed E-state index contributed by atoms with van der Waals surface area (Å²) in [6, 6.07) is 14.3. The Morgan fingerprint density at radius 1 is 1.10 bits per heavy atom. The molecular weight excluding hydrogens is 542 g/mol. The molecule has 4 rings (SSSR count). The summed E-state index contributed by atoms with van der Waals surface area (Å²) in [5.74, 6) is -0.158. The summed E-state index contributed by atoms with van der Waals surface area (Å²) in [6.07, 6.45) is -0.386. The number of fused-ring (bicyclic) bond motifs is 1. The molecule has 0 aliphatic carbocycles. The quantitative estimate of drug-likeness (QED) is 0.227. The van der Waals surface area contributed by atoms with Crippen LogP contribution < -0.4 is 4.90 Å². The highest BCUT2D eigenvalue weighted by atomic mass is 32.1. The fourth-order valence-corrected chi connectivity index (χ4v) is 5.27. The maximum atomic E-state index is 13.8. The molecule has 0 saturated carbocycles. The standard InChI is InChI=1S/C30H37N5O5S/c1-5-33(4)29-32-24-12-11-22(14-27(24)40-29)28(37)34(16-20(2)3)18-26(36)25(13-21-9-7-6-8-10-21)35(30(38)39)17-23-15-31-19-41-23/h6-12,14-15,19-20,25-26,36H,5,13,16-18H2,1-4H3,(H,38,39)/t25?,26-/m1/s1. The number of thiazole rings is 1. The molecule has 2 amide bonds. The highest BCUT2D eigenvalue weighted by Gasteiger charge is 2.33. The molecule has 2 heterocycles. The van der Waals surface area contributed by atoms with Crippen molar-refractivity contribution in [3.8, 4) is 0 Å². The number of nitrogens with zero attached hydrogens (tertiary/aromatic N) is 5. The number of anilines is 1. The summed E-state index contributed by atoms with van der Waals surface area (Å²) in [7, 11) is 1.88. The smallest absolute Gasteiger partial charge is 0.407 e. The number of aromatic nitrogens is 2. The first kappa shape index (κ1) is 30.0. The zero-order chi connectivity index (χ0) is 29.5. The third-order valence-electron chi connectivity index (χ3n) is 6.89. The third-order valence-corrected chi connectivity index (χ3v) is 7.66. The van der Waals surface area contributed by atoms with E-state index in [-0.39, 0.29) is 31.3 Å². The van der Waals surface area contributed by atoms with Crippen LogP contribution in [0.4, 0.5) is 10.8 Å². The lowest BCUT2D eigenvalue weighted by Crippen LogP contribution is -2.52. The highest BCUT2D eigenvalue weighted by molar-refractivity contribution is 7.09. The topological polar surface area (TPSA) is 123 Å². The second-order valence-electron chi connectivity index (χ2n) is 10.5. The normalized spacial score (nSPS) is 12.8. The third kappa shape index (κ3) is 7.62. The average Bonchev–Trinajstić information content (AvgIpc) is 3.63. The fourth-order valence-electron chi connectivity index (χ4n) is 4.68. The van der Waals surface area contributed by atoms with E-state index in [1.165, 1.54) is 16.2 Å². The Hall–Kier alpha value is -3.96. The molecule has 0 spiro atoms. The molecule has 10 nitrogen and oxygen atoms in total. The molecule has 0 fully saturated rings. The van der Waals surface area contributed by atoms with Crippen molar-refractivity contribution in [3.63, 3.8) is 0 Å². The van der Waals surface area contributed by atoms with Gasteiger partial charge in [-0.2, -0.15) is 4.98 Å². The van der Waals surface area contributed by atoms with Crippen LogP contribution in [0.5, 0.6) is 0 Å². The van der Waals surface area contributed by atoms with Crippen molar-refractivity contribution < 1.29 is 24.2 Å². The molecule has 11 heteroatoms. The number of benzene rings is 2. The number of carbonyl (C=O) groups excluding carboxylic acids is 1. The Balaban J connectivity index is 1.62. The lowest BCUT2D eigenvalue weighted by molar-refractivity contribution is 0.0200. The minimum absolute atomic E-state index is 0.0424. The van der Waals surface area contributed by atoms with Crippen LogP contribution in [-0.2, 0) is 13.0 Å². The van der Waals surface area contributed by atoms with E-state index in [9.17, 15) is 19.8 Å². The van der Waals surface area contributed by atoms with E-state index in [4.69, 9.17) is 4.42 Å². The van der Waals surface area contributed by atoms with E-state index in [1.807, 2.05) is 63.1 Å². The first-order valence-electron chi connectivity index (χ1n) is 13.7. The van der Waals surface area contributed by atoms with Crippen LogP contribution in [0.25, 0.3) is 11.1 Å². The number of rotatable bonds is 13. The number of hydrogen-bond acceptors (Lipinski definition) is 8. The Labute approximate surface area is 243 Å². The molecule has 218 valence electrons. The second-order valence-corrected chi connectivity index (χ2v) is 11.5. The molecule has 4 aromatic rings. The van der Waals surface area contributed by atoms with Crippen LogP contribution in [0, 0.1) is 5.92 Å². The SMILES string of the molecule is CCN(C)c1nc2ccc(C(=O)N(CC(C)C)C[C@@H](O)C(Cc3ccccc3)N(Cc3cncs3)C(=O)O)cc2o1. The van der Waals surface area contributed by atoms with Gasteiger partial charge >= 0.3 is 6.09 Å². The first-order chi connectivity index (χ1) is 19.7. The van der Waals surface area contributed by atoms with Crippen molar-refractivity contribution in [2.75, 3.05) is 31.6 Å². The van der Waals surface area contributed by atoms with Crippen molar-refractivity contribution >= 4 is 40.5 Å². The van der Waals surface area contributed by atoms with Crippen molar-refractivity contribution in [1.29, 1.82) is 0 Å². The van der Waals surface area contributed by atoms with Crippen LogP contribution >= 0.6 is 11.3 Å². The van der Waals surface area contributed by atoms with Gasteiger partial charge in [-0.3, -0.25) is 14.7 Å². The van der Waals surface area contributed by atoms with Crippen molar-refractivity contribution in [2.24, 2.45) is 5.92 Å². The van der Waals surface area contributed by atoms with Gasteiger partial charge in [-0.15, -0.1) is 11.3 Å². The predicted octanol–water partition coefficient (Wildman–Crippen LogP) is 4.99. The van der Waals surface area contributed by atoms with Crippen molar-refractivity contribution in [2.45, 2.75) is 45.9 Å². The van der Waals surface area contributed by atoms with E-state index in [0.29, 0.717) is 29.2 Å². The maximum absolute atomic E-state index is 13.8. The van der Waals surface area contributed by atoms with E-state index < -0.39 is 18.2 Å². The monoisotopic (exact) mass is 579 g/mol. The van der Waals surface area contributed by atoms with E-state index in [1.54, 1.807) is 34.8 Å². The number of hydrogen-bond donors (Lipinski definition) is 2. The lowest BCUT2D eigenvalue weighted by Gasteiger charge is -2.36. The molecule has 0 aliphatic heterocycles. The van der Waals surface area contributed by atoms with Crippen molar-refractivity contribution in [1.82, 2.24) is 19.8 Å². The Morgan fingerprint density at radius 3 is 2.49 bits per heavy atom. The summed E-state index contributed by atoms with van der Waals surface area (Å²) >= 11 is 1.35. The molecule has 2 aromatic carbocycles. The fraction of sp³-hybridized carbons (Fsp3) is 0.400. The Bertz CT molecular complexity index is 1430. The number of amides is 2. The summed E-state index contributed by atoms with van der Waals surface area (Å²) in [4.78, 5) is 40.3. The van der Waals surface area contributed by atoms with Gasteiger partial charge < -0.3 is 24.4 Å². The number of aliphatic hydroxyl groups is 1. The molecule has 2 N–H and O–H groups in total. The summed E-state index contributed by atoms with van der Waals surface area (Å²) in [6.45, 7) is 7.13. The van der Waals surface area contributed by atoms with Gasteiger partial charge in [0.1, 0.15) is 5.52 Å². The predicted molar refractivity (Wildman–Crippen MR) is 159 cm³/mol. The molecule has 2 atom stereocenters. The molecule has 0 saturated heterocycles. The number of carbonyl (C=O) groups is 2. The molecule has 1 unspecified atom stereocenters. The van der Waals surface area contributed by atoms with Gasteiger partial charge in [0.2, 0.25) is 0 Å². The van der Waals surface area contributed by atoms with Crippen LogP contribution in [0.3, 0.4) is 0 Å². The molecule has 0 bridgehead atoms. The number of carboxylic acid groups (broad SMARTS) is 1. The lowest BCUT2D eigenvalue weighted by atomic mass is 9.98. The second kappa shape index (κ2) is 13.6. The maximum Gasteiger partial charge on any atom is 0.407 e. The summed E-state index contributed by atoms with van der Waals surface area (Å²) in [5.41, 5.74) is 4.09. The average molecular weight is 580 g/mol. The van der Waals surface area contributed by atoms with Crippen molar-refractivity contribution in [3.05, 3.63) is 76.2 Å². The summed E-state index contributed by atoms with van der Waals surface area (Å²) < 4.78 is 5.88. The van der Waals surface area contributed by atoms with Gasteiger partial charge in [0.15, 0.2) is 5.58 Å². The number of oxazole rings is 1. The minimum Gasteiger partial charge on any atom is -0.465 e. The van der Waals surface area contributed by atoms with Gasteiger partial charge in [-0.25, -0.2) is 4.79 Å². The molecule has 0 radical (unpaired) electrons. The van der Waals surface area contributed by atoms with Gasteiger partial charge in [0.25, 0.3) is 11.9 Å². The van der Waals surface area contributed by atoms with Gasteiger partial charge in [-0.05, 0) is 43.0 Å². The molecule has 2 aromatic heterocycles. The molecular formula is C30H37N5O5S. The first-order valence-corrected chi connectivity index (χ1v) is 14.5. The van der Waals surface area contributed by atoms with Gasteiger partial charge in [0.05, 0.1) is 24.2 Å². The zero-order valence-corrected chi connectivity index (χ0v) is 24.6. The number of aliphatic hydroxyl groups excluding tert-OH is 1. The van der Waals surface area contributed by atoms with E-state index in [0.717, 1.165) is 17.0 Å². The van der Waals surface area contributed by atoms with Gasteiger partial charge in [0, 0.05) is 43.3 Å². The van der Waals surface area contributed by atoms with Crippen LogP contribution in [0.15, 0.2) is 64.7 Å². The van der Waals surface area contributed by atoms with E-state index in [2.05, 4.69) is 9.97 Å². The largest absolute Gasteiger partial charge is 0.465 e. The Kier molecular flexibility index (Phi) is 9.95. The summed E-state index contributed by atoms with van der Waals surface area (Å²) in [5, 5.41) is 21.8. The molecule has 41 heavy (non-hydrogen) atoms. The van der Waals surface area contributed by atoms with Crippen LogP contribution in [-0.4, -0.2) is 80.8 Å². The van der Waals surface area contributed by atoms with Crippen LogP contribution in [0.1, 0.15) is 41.6 Å². The minimum atomic E-state index is -1.15. The molecule has 0 aliphatic rings. The van der Waals surface area contributed by atoms with Crippen LogP contribution in [0.2, 0.25) is 0 Å². The van der Waals surface area contributed by atoms with Gasteiger partial charge in [-0.1, -0.05) is 44.2 Å². The zero-order valence-electron chi connectivity index (χ0n) is 23.8. The van der Waals surface area contributed by atoms with E-state index >= 15 is 0 Å². The Morgan fingerprint density at radius 2 is 1.85 bits per heavy atom. The highest BCUT2D eigenvalue weighted by Crippen LogP contribution is 2.24.